The van der Waals surface area contributed by atoms with E-state index in [1.54, 1.807) is 0 Å². The first-order valence-electron chi connectivity index (χ1n) is 2.48. The van der Waals surface area contributed by atoms with Crippen LogP contribution in [-0.4, -0.2) is 21.2 Å². The third kappa shape index (κ3) is 1.06. The number of nitrogens with two attached hydrogens (primary N) is 1. The Labute approximate surface area is 56.3 Å². The Kier molecular flexibility index (Phi) is 1.55. The zero-order valence-corrected chi connectivity index (χ0v) is 4.98. The molecule has 0 aliphatic heterocycles. The summed E-state index contributed by atoms with van der Waals surface area (Å²) in [4.78, 5) is 16.3. The Bertz CT molecular complexity index is 219. The Hall–Kier alpha value is -1.56. The highest BCUT2D eigenvalue weighted by atomic mass is 16.4. The van der Waals surface area contributed by atoms with Crippen molar-refractivity contribution < 1.29 is 9.90 Å². The lowest BCUT2D eigenvalue weighted by atomic mass is 10.7. The van der Waals surface area contributed by atoms with Gasteiger partial charge >= 0.3 is 6.09 Å². The molecule has 10 heavy (non-hydrogen) atoms. The van der Waals surface area contributed by atoms with Crippen LogP contribution in [0.4, 0.5) is 10.6 Å². The van der Waals surface area contributed by atoms with Gasteiger partial charge in [-0.3, -0.25) is 0 Å². The molecule has 0 spiro atoms. The van der Waals surface area contributed by atoms with E-state index < -0.39 is 6.09 Å². The minimum Gasteiger partial charge on any atom is -0.464 e. The van der Waals surface area contributed by atoms with Gasteiger partial charge in [0.15, 0.2) is 5.82 Å². The van der Waals surface area contributed by atoms with Crippen molar-refractivity contribution in [3.8, 4) is 0 Å². The number of imidazole rings is 1. The molecule has 1 aromatic heterocycles. The molecule has 1 aromatic rings. The zero-order valence-electron chi connectivity index (χ0n) is 4.98. The quantitative estimate of drug-likeness (QED) is 0.286. The van der Waals surface area contributed by atoms with E-state index in [4.69, 9.17) is 10.9 Å². The average molecular weight is 142 g/mol. The SMILES string of the molecule is NN(C(=O)O)c1cnc[nH]1. The van der Waals surface area contributed by atoms with Crippen molar-refractivity contribution in [2.45, 2.75) is 0 Å². The molecule has 0 saturated heterocycles. The smallest absolute Gasteiger partial charge is 0.427 e. The van der Waals surface area contributed by atoms with E-state index in [0.29, 0.717) is 5.01 Å². The number of nitrogens with one attached hydrogen (secondary N) is 1. The fraction of sp³-hybridized carbons (Fsp3) is 0. The summed E-state index contributed by atoms with van der Waals surface area (Å²) >= 11 is 0. The summed E-state index contributed by atoms with van der Waals surface area (Å²) in [7, 11) is 0. The van der Waals surface area contributed by atoms with Gasteiger partial charge in [-0.25, -0.2) is 15.6 Å². The first-order valence-corrected chi connectivity index (χ1v) is 2.48. The number of hydrogen-bond acceptors (Lipinski definition) is 3. The number of H-pyrrole nitrogens is 1. The van der Waals surface area contributed by atoms with Crippen molar-refractivity contribution in [1.82, 2.24) is 9.97 Å². The molecule has 0 aromatic carbocycles. The Morgan fingerprint density at radius 2 is 2.60 bits per heavy atom. The van der Waals surface area contributed by atoms with Gasteiger partial charge in [-0.05, 0) is 0 Å². The van der Waals surface area contributed by atoms with E-state index in [-0.39, 0.29) is 5.82 Å². The maximum atomic E-state index is 10.2. The molecule has 1 amide bonds. The van der Waals surface area contributed by atoms with Crippen LogP contribution in [0.25, 0.3) is 0 Å². The second-order valence-corrected chi connectivity index (χ2v) is 1.59. The van der Waals surface area contributed by atoms with Gasteiger partial charge in [-0.15, -0.1) is 0 Å². The average Bonchev–Trinajstić information content (AvgIpc) is 2.36. The van der Waals surface area contributed by atoms with Crippen LogP contribution in [0.3, 0.4) is 0 Å². The standard InChI is InChI=1S/C4H6N4O2/c5-8(4(9)10)3-1-6-2-7-3/h1-2H,5H2,(H,6,7)(H,9,10). The Morgan fingerprint density at radius 1 is 1.90 bits per heavy atom. The maximum absolute atomic E-state index is 10.2. The van der Waals surface area contributed by atoms with Crippen LogP contribution < -0.4 is 10.9 Å². The molecule has 1 rings (SSSR count). The van der Waals surface area contributed by atoms with E-state index in [2.05, 4.69) is 9.97 Å². The number of amides is 1. The molecule has 6 heteroatoms. The predicted octanol–water partition coefficient (Wildman–Crippen LogP) is -0.232. The minimum absolute atomic E-state index is 0.243. The van der Waals surface area contributed by atoms with Crippen molar-refractivity contribution in [2.75, 3.05) is 5.01 Å². The second kappa shape index (κ2) is 2.36. The number of anilines is 1. The molecular formula is C4H6N4O2. The maximum Gasteiger partial charge on any atom is 0.427 e. The predicted molar refractivity (Wildman–Crippen MR) is 33.3 cm³/mol. The van der Waals surface area contributed by atoms with E-state index in [0.717, 1.165) is 0 Å². The van der Waals surface area contributed by atoms with Crippen molar-refractivity contribution in [1.29, 1.82) is 0 Å². The van der Waals surface area contributed by atoms with E-state index in [1.165, 1.54) is 12.5 Å². The van der Waals surface area contributed by atoms with Crippen LogP contribution in [-0.2, 0) is 0 Å². The highest BCUT2D eigenvalue weighted by Crippen LogP contribution is 2.01. The highest BCUT2D eigenvalue weighted by Gasteiger charge is 2.08. The normalized spacial score (nSPS) is 9.30. The second-order valence-electron chi connectivity index (χ2n) is 1.59. The van der Waals surface area contributed by atoms with Gasteiger partial charge in [0.25, 0.3) is 0 Å². The molecule has 0 saturated carbocycles. The number of aromatic nitrogens is 2. The molecule has 54 valence electrons. The van der Waals surface area contributed by atoms with Crippen molar-refractivity contribution >= 4 is 11.9 Å². The molecule has 0 aliphatic rings. The van der Waals surface area contributed by atoms with Crippen LogP contribution >= 0.6 is 0 Å². The summed E-state index contributed by atoms with van der Waals surface area (Å²) in [5.41, 5.74) is 0. The van der Waals surface area contributed by atoms with Crippen LogP contribution in [0, 0.1) is 0 Å². The molecule has 0 bridgehead atoms. The van der Waals surface area contributed by atoms with Crippen molar-refractivity contribution in [3.63, 3.8) is 0 Å². The van der Waals surface area contributed by atoms with Crippen molar-refractivity contribution in [2.24, 2.45) is 5.84 Å². The van der Waals surface area contributed by atoms with Crippen LogP contribution in [0.5, 0.6) is 0 Å². The van der Waals surface area contributed by atoms with Gasteiger partial charge in [-0.2, -0.15) is 5.01 Å². The zero-order chi connectivity index (χ0) is 7.56. The van der Waals surface area contributed by atoms with Gasteiger partial charge in [0.1, 0.15) is 0 Å². The van der Waals surface area contributed by atoms with Crippen LogP contribution in [0.2, 0.25) is 0 Å². The van der Waals surface area contributed by atoms with Gasteiger partial charge in [0.05, 0.1) is 12.5 Å². The lowest BCUT2D eigenvalue weighted by molar-refractivity contribution is 0.201. The molecule has 0 radical (unpaired) electrons. The molecule has 0 fully saturated rings. The molecule has 0 unspecified atom stereocenters. The van der Waals surface area contributed by atoms with Crippen LogP contribution in [0.15, 0.2) is 12.5 Å². The number of nitrogens with zero attached hydrogens (tertiary/aromatic N) is 2. The number of hydrazine groups is 1. The fourth-order valence-corrected chi connectivity index (χ4v) is 0.483. The van der Waals surface area contributed by atoms with Gasteiger partial charge in [-0.1, -0.05) is 0 Å². The number of aromatic amines is 1. The number of carboxylic acid groups (broad SMARTS) is 1. The molecule has 6 nitrogen and oxygen atoms in total. The summed E-state index contributed by atoms with van der Waals surface area (Å²) in [5, 5.41) is 8.86. The number of rotatable bonds is 1. The van der Waals surface area contributed by atoms with Crippen molar-refractivity contribution in [3.05, 3.63) is 12.5 Å². The molecular weight excluding hydrogens is 136 g/mol. The first kappa shape index (κ1) is 6.56. The molecule has 0 atom stereocenters. The summed E-state index contributed by atoms with van der Waals surface area (Å²) < 4.78 is 0. The summed E-state index contributed by atoms with van der Waals surface area (Å²) in [6.45, 7) is 0. The number of carbonyl (C=O) groups is 1. The largest absolute Gasteiger partial charge is 0.464 e. The third-order valence-corrected chi connectivity index (χ3v) is 0.949. The van der Waals surface area contributed by atoms with E-state index in [9.17, 15) is 4.79 Å². The minimum atomic E-state index is -1.23. The summed E-state index contributed by atoms with van der Waals surface area (Å²) in [6.07, 6.45) is 1.43. The lowest BCUT2D eigenvalue weighted by Crippen LogP contribution is -2.36. The highest BCUT2D eigenvalue weighted by molar-refractivity contribution is 5.82. The van der Waals surface area contributed by atoms with E-state index in [1.807, 2.05) is 0 Å². The molecule has 1 heterocycles. The topological polar surface area (TPSA) is 95.2 Å². The lowest BCUT2D eigenvalue weighted by Gasteiger charge is -2.07. The first-order chi connectivity index (χ1) is 4.72. The fourth-order valence-electron chi connectivity index (χ4n) is 0.483. The monoisotopic (exact) mass is 142 g/mol. The van der Waals surface area contributed by atoms with Gasteiger partial charge in [0.2, 0.25) is 0 Å². The van der Waals surface area contributed by atoms with Crippen LogP contribution in [0.1, 0.15) is 0 Å². The summed E-state index contributed by atoms with van der Waals surface area (Å²) in [5.74, 6) is 5.29. The Morgan fingerprint density at radius 3 is 3.00 bits per heavy atom. The Balaban J connectivity index is 2.77. The molecule has 0 aliphatic carbocycles. The van der Waals surface area contributed by atoms with Gasteiger partial charge < -0.3 is 10.1 Å². The summed E-state index contributed by atoms with van der Waals surface area (Å²) in [6, 6.07) is 0. The third-order valence-electron chi connectivity index (χ3n) is 0.949. The van der Waals surface area contributed by atoms with E-state index >= 15 is 0 Å². The number of hydrogen-bond donors (Lipinski definition) is 3. The molecule has 4 N–H and O–H groups in total. The van der Waals surface area contributed by atoms with Gasteiger partial charge in [0, 0.05) is 0 Å².